The Kier molecular flexibility index (Phi) is 5.54. The molecule has 7 nitrogen and oxygen atoms in total. The monoisotopic (exact) mass is 319 g/mol. The van der Waals surface area contributed by atoms with Gasteiger partial charge in [-0.15, -0.1) is 5.10 Å². The van der Waals surface area contributed by atoms with Gasteiger partial charge in [0, 0.05) is 19.7 Å². The van der Waals surface area contributed by atoms with Gasteiger partial charge in [0.15, 0.2) is 5.82 Å². The molecule has 0 aliphatic rings. The summed E-state index contributed by atoms with van der Waals surface area (Å²) >= 11 is 1.21. The second kappa shape index (κ2) is 7.60. The van der Waals surface area contributed by atoms with Gasteiger partial charge in [0.1, 0.15) is 0 Å². The Morgan fingerprint density at radius 1 is 1.27 bits per heavy atom. The van der Waals surface area contributed by atoms with E-state index in [1.807, 2.05) is 30.3 Å². The van der Waals surface area contributed by atoms with Crippen LogP contribution in [-0.4, -0.2) is 58.3 Å². The lowest BCUT2D eigenvalue weighted by Crippen LogP contribution is -2.36. The van der Waals surface area contributed by atoms with Crippen molar-refractivity contribution in [1.82, 2.24) is 25.4 Å². The number of amides is 2. The van der Waals surface area contributed by atoms with E-state index in [9.17, 15) is 9.59 Å². The van der Waals surface area contributed by atoms with E-state index in [-0.39, 0.29) is 24.1 Å². The van der Waals surface area contributed by atoms with E-state index in [4.69, 9.17) is 0 Å². The van der Waals surface area contributed by atoms with Crippen LogP contribution in [0.4, 0.5) is 0 Å². The number of H-pyrrole nitrogens is 1. The van der Waals surface area contributed by atoms with E-state index in [0.717, 1.165) is 5.56 Å². The molecule has 0 spiro atoms. The van der Waals surface area contributed by atoms with Gasteiger partial charge < -0.3 is 10.2 Å². The lowest BCUT2D eigenvalue weighted by molar-refractivity contribution is -0.130. The molecule has 0 unspecified atom stereocenters. The molecule has 2 N–H and O–H groups in total. The van der Waals surface area contributed by atoms with Gasteiger partial charge in [-0.25, -0.2) is 4.98 Å². The van der Waals surface area contributed by atoms with E-state index >= 15 is 0 Å². The van der Waals surface area contributed by atoms with Crippen LogP contribution < -0.4 is 5.32 Å². The van der Waals surface area contributed by atoms with Crippen LogP contribution in [0.2, 0.25) is 0 Å². The van der Waals surface area contributed by atoms with Gasteiger partial charge >= 0.3 is 0 Å². The van der Waals surface area contributed by atoms with Crippen LogP contribution >= 0.6 is 11.8 Å². The molecule has 8 heteroatoms. The number of nitrogens with zero attached hydrogens (tertiary/aromatic N) is 3. The standard InChI is InChI=1S/C14H17N5O2S/c1-19(2)12(21)8-15-11(20)9-22-14-16-13(17-18-14)10-6-4-3-5-7-10/h3-7H,8-9H2,1-2H3,(H,15,20)(H,16,17,18). The molecule has 2 aromatic rings. The first kappa shape index (κ1) is 16.0. The second-order valence-electron chi connectivity index (χ2n) is 4.69. The SMILES string of the molecule is CN(C)C(=O)CNC(=O)CSc1n[nH]c(-c2ccccc2)n1. The van der Waals surface area contributed by atoms with Gasteiger partial charge in [-0.1, -0.05) is 42.1 Å². The number of hydrogen-bond acceptors (Lipinski definition) is 5. The van der Waals surface area contributed by atoms with Crippen molar-refractivity contribution in [3.8, 4) is 11.4 Å². The third kappa shape index (κ3) is 4.59. The lowest BCUT2D eigenvalue weighted by Gasteiger charge is -2.10. The Morgan fingerprint density at radius 3 is 2.68 bits per heavy atom. The van der Waals surface area contributed by atoms with Crippen molar-refractivity contribution in [3.63, 3.8) is 0 Å². The van der Waals surface area contributed by atoms with Crippen LogP contribution in [0, 0.1) is 0 Å². The average molecular weight is 319 g/mol. The minimum Gasteiger partial charge on any atom is -0.347 e. The quantitative estimate of drug-likeness (QED) is 0.767. The summed E-state index contributed by atoms with van der Waals surface area (Å²) < 4.78 is 0. The van der Waals surface area contributed by atoms with Gasteiger partial charge in [0.2, 0.25) is 17.0 Å². The van der Waals surface area contributed by atoms with Crippen molar-refractivity contribution in [2.24, 2.45) is 0 Å². The predicted octanol–water partition coefficient (Wildman–Crippen LogP) is 0.768. The molecular formula is C14H17N5O2S. The van der Waals surface area contributed by atoms with Crippen molar-refractivity contribution in [2.45, 2.75) is 5.16 Å². The highest BCUT2D eigenvalue weighted by Gasteiger charge is 2.10. The number of aromatic nitrogens is 3. The van der Waals surface area contributed by atoms with Crippen molar-refractivity contribution in [1.29, 1.82) is 0 Å². The minimum atomic E-state index is -0.230. The summed E-state index contributed by atoms with van der Waals surface area (Å²) in [6, 6.07) is 9.61. The predicted molar refractivity (Wildman–Crippen MR) is 84.2 cm³/mol. The van der Waals surface area contributed by atoms with Gasteiger partial charge in [-0.2, -0.15) is 0 Å². The fraction of sp³-hybridized carbons (Fsp3) is 0.286. The highest BCUT2D eigenvalue weighted by Crippen LogP contribution is 2.18. The van der Waals surface area contributed by atoms with Gasteiger partial charge in [-0.3, -0.25) is 14.7 Å². The molecule has 1 heterocycles. The molecule has 1 aromatic heterocycles. The molecule has 0 fully saturated rings. The van der Waals surface area contributed by atoms with E-state index in [1.165, 1.54) is 16.7 Å². The molecule has 22 heavy (non-hydrogen) atoms. The summed E-state index contributed by atoms with van der Waals surface area (Å²) in [4.78, 5) is 28.8. The first-order valence-corrected chi connectivity index (χ1v) is 7.62. The maximum Gasteiger partial charge on any atom is 0.241 e. The number of rotatable bonds is 6. The number of benzene rings is 1. The van der Waals surface area contributed by atoms with Crippen LogP contribution in [0.1, 0.15) is 0 Å². The zero-order chi connectivity index (χ0) is 15.9. The summed E-state index contributed by atoms with van der Waals surface area (Å²) in [5.74, 6) is 0.437. The smallest absolute Gasteiger partial charge is 0.241 e. The molecule has 0 aliphatic carbocycles. The van der Waals surface area contributed by atoms with Gasteiger partial charge in [-0.05, 0) is 0 Å². The molecule has 0 radical (unpaired) electrons. The number of carbonyl (C=O) groups is 2. The number of likely N-dealkylation sites (N-methyl/N-ethyl adjacent to an activating group) is 1. The summed E-state index contributed by atoms with van der Waals surface area (Å²) in [5.41, 5.74) is 0.933. The number of aromatic amines is 1. The van der Waals surface area contributed by atoms with Gasteiger partial charge in [0.05, 0.1) is 12.3 Å². The zero-order valence-corrected chi connectivity index (χ0v) is 13.2. The van der Waals surface area contributed by atoms with Crippen molar-refractivity contribution in [2.75, 3.05) is 26.4 Å². The number of hydrogen-bond donors (Lipinski definition) is 2. The largest absolute Gasteiger partial charge is 0.347 e. The Labute approximate surface area is 132 Å². The molecule has 116 valence electrons. The third-order valence-electron chi connectivity index (χ3n) is 2.78. The van der Waals surface area contributed by atoms with Crippen LogP contribution in [0.25, 0.3) is 11.4 Å². The lowest BCUT2D eigenvalue weighted by atomic mass is 10.2. The molecular weight excluding hydrogens is 302 g/mol. The first-order valence-electron chi connectivity index (χ1n) is 6.63. The fourth-order valence-electron chi connectivity index (χ4n) is 1.55. The van der Waals surface area contributed by atoms with Crippen LogP contribution in [0.15, 0.2) is 35.5 Å². The maximum absolute atomic E-state index is 11.7. The molecule has 2 amide bonds. The van der Waals surface area contributed by atoms with Crippen LogP contribution in [0.5, 0.6) is 0 Å². The van der Waals surface area contributed by atoms with E-state index in [1.54, 1.807) is 14.1 Å². The summed E-state index contributed by atoms with van der Waals surface area (Å²) in [6.07, 6.45) is 0. The topological polar surface area (TPSA) is 91.0 Å². The summed E-state index contributed by atoms with van der Waals surface area (Å²) in [6.45, 7) is -0.00431. The summed E-state index contributed by atoms with van der Waals surface area (Å²) in [7, 11) is 3.28. The molecule has 0 saturated heterocycles. The van der Waals surface area contributed by atoms with Gasteiger partial charge in [0.25, 0.3) is 0 Å². The number of thioether (sulfide) groups is 1. The fourth-order valence-corrected chi connectivity index (χ4v) is 2.18. The normalized spacial score (nSPS) is 10.3. The first-order chi connectivity index (χ1) is 10.6. The minimum absolute atomic E-state index is 0.00431. The second-order valence-corrected chi connectivity index (χ2v) is 5.63. The molecule has 0 aliphatic heterocycles. The average Bonchev–Trinajstić information content (AvgIpc) is 3.00. The molecule has 0 saturated carbocycles. The Bertz CT molecular complexity index is 642. The van der Waals surface area contributed by atoms with Crippen molar-refractivity contribution >= 4 is 23.6 Å². The van der Waals surface area contributed by atoms with E-state index in [2.05, 4.69) is 20.5 Å². The highest BCUT2D eigenvalue weighted by molar-refractivity contribution is 7.99. The highest BCUT2D eigenvalue weighted by atomic mass is 32.2. The zero-order valence-electron chi connectivity index (χ0n) is 12.4. The van der Waals surface area contributed by atoms with Crippen LogP contribution in [0.3, 0.4) is 0 Å². The molecule has 0 bridgehead atoms. The Morgan fingerprint density at radius 2 is 2.00 bits per heavy atom. The van der Waals surface area contributed by atoms with Crippen molar-refractivity contribution < 1.29 is 9.59 Å². The molecule has 2 rings (SSSR count). The molecule has 1 aromatic carbocycles. The molecule has 0 atom stereocenters. The number of nitrogens with one attached hydrogen (secondary N) is 2. The Balaban J connectivity index is 1.81. The Hall–Kier alpha value is -2.35. The van der Waals surface area contributed by atoms with Crippen molar-refractivity contribution in [3.05, 3.63) is 30.3 Å². The van der Waals surface area contributed by atoms with E-state index in [0.29, 0.717) is 11.0 Å². The van der Waals surface area contributed by atoms with Crippen LogP contribution in [-0.2, 0) is 9.59 Å². The van der Waals surface area contributed by atoms with E-state index < -0.39 is 0 Å². The summed E-state index contributed by atoms with van der Waals surface area (Å²) in [5, 5.41) is 9.95. The third-order valence-corrected chi connectivity index (χ3v) is 3.63. The number of carbonyl (C=O) groups excluding carboxylic acids is 2. The maximum atomic E-state index is 11.7.